The molecular weight excluding hydrogens is 248 g/mol. The molecule has 0 spiro atoms. The Kier molecular flexibility index (Phi) is 3.47. The van der Waals surface area contributed by atoms with Crippen molar-refractivity contribution in [1.29, 1.82) is 0 Å². The summed E-state index contributed by atoms with van der Waals surface area (Å²) in [6, 6.07) is 0. The van der Waals surface area contributed by atoms with E-state index in [1.807, 2.05) is 10.9 Å². The number of rotatable bonds is 3. The van der Waals surface area contributed by atoms with Gasteiger partial charge in [-0.15, -0.1) is 0 Å². The van der Waals surface area contributed by atoms with Crippen LogP contribution in [-0.4, -0.2) is 31.9 Å². The number of aromatic nitrogens is 4. The predicted molar refractivity (Wildman–Crippen MR) is 71.7 cm³/mol. The van der Waals surface area contributed by atoms with Crippen LogP contribution in [0.4, 0.5) is 0 Å². The summed E-state index contributed by atoms with van der Waals surface area (Å²) in [7, 11) is 0. The standard InChI is InChI=1S/C12H16N4OS/c18-6-4-9-11-12(14-7-13-9)16(8-15-11)10-3-1-2-5-17-10/h7-8,10,18H,1-6H2. The Morgan fingerprint density at radius 3 is 3.06 bits per heavy atom. The first-order valence-corrected chi connectivity index (χ1v) is 6.92. The lowest BCUT2D eigenvalue weighted by molar-refractivity contribution is -0.0298. The van der Waals surface area contributed by atoms with Crippen molar-refractivity contribution in [2.45, 2.75) is 31.9 Å². The van der Waals surface area contributed by atoms with Gasteiger partial charge in [0.2, 0.25) is 0 Å². The van der Waals surface area contributed by atoms with Crippen molar-refractivity contribution in [2.75, 3.05) is 12.4 Å². The van der Waals surface area contributed by atoms with Crippen LogP contribution in [0.3, 0.4) is 0 Å². The van der Waals surface area contributed by atoms with Gasteiger partial charge < -0.3 is 4.74 Å². The van der Waals surface area contributed by atoms with E-state index < -0.39 is 0 Å². The smallest absolute Gasteiger partial charge is 0.165 e. The number of imidazole rings is 1. The molecule has 0 amide bonds. The number of aryl methyl sites for hydroxylation is 1. The zero-order valence-electron chi connectivity index (χ0n) is 10.1. The molecule has 3 heterocycles. The van der Waals surface area contributed by atoms with Crippen molar-refractivity contribution >= 4 is 23.8 Å². The molecular formula is C12H16N4OS. The van der Waals surface area contributed by atoms with Gasteiger partial charge in [-0.2, -0.15) is 12.6 Å². The highest BCUT2D eigenvalue weighted by atomic mass is 32.1. The quantitative estimate of drug-likeness (QED) is 0.861. The summed E-state index contributed by atoms with van der Waals surface area (Å²) in [5.74, 6) is 0.763. The molecule has 2 aromatic rings. The third-order valence-corrected chi connectivity index (χ3v) is 3.47. The van der Waals surface area contributed by atoms with Gasteiger partial charge in [0, 0.05) is 13.0 Å². The SMILES string of the molecule is SCCc1ncnc2c1ncn2C1CCCCO1. The van der Waals surface area contributed by atoms with Gasteiger partial charge in [0.05, 0.1) is 12.0 Å². The zero-order chi connectivity index (χ0) is 12.4. The number of thiol groups is 1. The molecule has 1 aliphatic heterocycles. The van der Waals surface area contributed by atoms with Gasteiger partial charge in [-0.25, -0.2) is 15.0 Å². The second-order valence-electron chi connectivity index (χ2n) is 4.44. The molecule has 0 radical (unpaired) electrons. The van der Waals surface area contributed by atoms with Crippen LogP contribution in [0.25, 0.3) is 11.2 Å². The number of fused-ring (bicyclic) bond motifs is 1. The maximum absolute atomic E-state index is 5.78. The molecule has 5 nitrogen and oxygen atoms in total. The van der Waals surface area contributed by atoms with Gasteiger partial charge in [-0.1, -0.05) is 0 Å². The van der Waals surface area contributed by atoms with E-state index >= 15 is 0 Å². The average molecular weight is 264 g/mol. The van der Waals surface area contributed by atoms with E-state index in [4.69, 9.17) is 4.74 Å². The molecule has 18 heavy (non-hydrogen) atoms. The fourth-order valence-electron chi connectivity index (χ4n) is 2.34. The van der Waals surface area contributed by atoms with E-state index in [0.29, 0.717) is 0 Å². The van der Waals surface area contributed by atoms with Gasteiger partial charge >= 0.3 is 0 Å². The van der Waals surface area contributed by atoms with E-state index in [0.717, 1.165) is 48.5 Å². The highest BCUT2D eigenvalue weighted by molar-refractivity contribution is 7.80. The zero-order valence-corrected chi connectivity index (χ0v) is 11.0. The highest BCUT2D eigenvalue weighted by Gasteiger charge is 2.19. The van der Waals surface area contributed by atoms with Crippen LogP contribution >= 0.6 is 12.6 Å². The summed E-state index contributed by atoms with van der Waals surface area (Å²) >= 11 is 4.25. The Morgan fingerprint density at radius 1 is 1.33 bits per heavy atom. The van der Waals surface area contributed by atoms with Crippen LogP contribution in [0.15, 0.2) is 12.7 Å². The molecule has 6 heteroatoms. The maximum atomic E-state index is 5.78. The Hall–Kier alpha value is -1.14. The van der Waals surface area contributed by atoms with Gasteiger partial charge in [0.25, 0.3) is 0 Å². The summed E-state index contributed by atoms with van der Waals surface area (Å²) in [5.41, 5.74) is 2.71. The molecule has 0 aromatic carbocycles. The first kappa shape index (κ1) is 11.9. The number of ether oxygens (including phenoxy) is 1. The average Bonchev–Trinajstić information content (AvgIpc) is 2.85. The molecule has 1 saturated heterocycles. The third-order valence-electron chi connectivity index (χ3n) is 3.25. The molecule has 0 bridgehead atoms. The number of hydrogen-bond donors (Lipinski definition) is 1. The maximum Gasteiger partial charge on any atom is 0.165 e. The minimum atomic E-state index is 0.0718. The molecule has 1 atom stereocenters. The Morgan fingerprint density at radius 2 is 2.28 bits per heavy atom. The fraction of sp³-hybridized carbons (Fsp3) is 0.583. The van der Waals surface area contributed by atoms with Crippen molar-refractivity contribution in [3.63, 3.8) is 0 Å². The van der Waals surface area contributed by atoms with Crippen LogP contribution in [0.2, 0.25) is 0 Å². The topological polar surface area (TPSA) is 52.8 Å². The lowest BCUT2D eigenvalue weighted by atomic mass is 10.2. The van der Waals surface area contributed by atoms with Crippen LogP contribution in [0, 0.1) is 0 Å². The summed E-state index contributed by atoms with van der Waals surface area (Å²) in [5, 5.41) is 0. The first-order valence-electron chi connectivity index (χ1n) is 6.29. The van der Waals surface area contributed by atoms with Gasteiger partial charge in [0.1, 0.15) is 18.1 Å². The number of nitrogens with zero attached hydrogens (tertiary/aromatic N) is 4. The van der Waals surface area contributed by atoms with Crippen molar-refractivity contribution in [2.24, 2.45) is 0 Å². The van der Waals surface area contributed by atoms with E-state index in [1.165, 1.54) is 6.42 Å². The molecule has 96 valence electrons. The molecule has 0 N–H and O–H groups in total. The third kappa shape index (κ3) is 2.10. The lowest BCUT2D eigenvalue weighted by Crippen LogP contribution is -2.17. The molecule has 0 saturated carbocycles. The van der Waals surface area contributed by atoms with Crippen LogP contribution in [0.1, 0.15) is 31.2 Å². The lowest BCUT2D eigenvalue weighted by Gasteiger charge is -2.23. The normalized spacial score (nSPS) is 20.4. The van der Waals surface area contributed by atoms with Crippen LogP contribution in [-0.2, 0) is 11.2 Å². The van der Waals surface area contributed by atoms with E-state index in [1.54, 1.807) is 6.33 Å². The van der Waals surface area contributed by atoms with E-state index in [-0.39, 0.29) is 6.23 Å². The van der Waals surface area contributed by atoms with Gasteiger partial charge in [-0.3, -0.25) is 4.57 Å². The monoisotopic (exact) mass is 264 g/mol. The van der Waals surface area contributed by atoms with E-state index in [2.05, 4.69) is 27.6 Å². The predicted octanol–water partition coefficient (Wildman–Crippen LogP) is 2.00. The highest BCUT2D eigenvalue weighted by Crippen LogP contribution is 2.26. The largest absolute Gasteiger partial charge is 0.358 e. The van der Waals surface area contributed by atoms with Crippen LogP contribution < -0.4 is 0 Å². The second-order valence-corrected chi connectivity index (χ2v) is 4.89. The Labute approximate surface area is 111 Å². The molecule has 2 aromatic heterocycles. The Bertz CT molecular complexity index is 536. The molecule has 0 aliphatic carbocycles. The van der Waals surface area contributed by atoms with Gasteiger partial charge in [-0.05, 0) is 25.0 Å². The molecule has 1 unspecified atom stereocenters. The molecule has 3 rings (SSSR count). The van der Waals surface area contributed by atoms with Gasteiger partial charge in [0.15, 0.2) is 5.65 Å². The van der Waals surface area contributed by atoms with Crippen molar-refractivity contribution in [3.05, 3.63) is 18.3 Å². The summed E-state index contributed by atoms with van der Waals surface area (Å²) < 4.78 is 7.80. The van der Waals surface area contributed by atoms with Crippen molar-refractivity contribution in [1.82, 2.24) is 19.5 Å². The minimum Gasteiger partial charge on any atom is -0.358 e. The van der Waals surface area contributed by atoms with E-state index in [9.17, 15) is 0 Å². The van der Waals surface area contributed by atoms with Crippen molar-refractivity contribution < 1.29 is 4.74 Å². The van der Waals surface area contributed by atoms with Crippen molar-refractivity contribution in [3.8, 4) is 0 Å². The fourth-order valence-corrected chi connectivity index (χ4v) is 2.55. The first-order chi connectivity index (χ1) is 8.90. The van der Waals surface area contributed by atoms with Crippen LogP contribution in [0.5, 0.6) is 0 Å². The number of hydrogen-bond acceptors (Lipinski definition) is 5. The minimum absolute atomic E-state index is 0.0718. The molecule has 1 fully saturated rings. The summed E-state index contributed by atoms with van der Waals surface area (Å²) in [6.07, 6.45) is 7.66. The summed E-state index contributed by atoms with van der Waals surface area (Å²) in [6.45, 7) is 0.818. The second kappa shape index (κ2) is 5.24. The Balaban J connectivity index is 2.00. The summed E-state index contributed by atoms with van der Waals surface area (Å²) in [4.78, 5) is 13.1. The molecule has 1 aliphatic rings.